The van der Waals surface area contributed by atoms with Gasteiger partial charge in [0.05, 0.1) is 18.9 Å². The smallest absolute Gasteiger partial charge is 0.149 e. The molecular weight excluding hydrogens is 221 g/mol. The van der Waals surface area contributed by atoms with Crippen molar-refractivity contribution in [1.29, 1.82) is 0 Å². The van der Waals surface area contributed by atoms with Gasteiger partial charge in [-0.25, -0.2) is 4.39 Å². The second-order valence-electron chi connectivity index (χ2n) is 4.50. The fraction of sp³-hybridized carbons (Fsp3) is 0.538. The van der Waals surface area contributed by atoms with Crippen LogP contribution in [0, 0.1) is 5.82 Å². The Kier molecular flexibility index (Phi) is 3.84. The molecule has 0 heterocycles. The summed E-state index contributed by atoms with van der Waals surface area (Å²) in [6, 6.07) is 5.06. The van der Waals surface area contributed by atoms with Gasteiger partial charge in [0.15, 0.2) is 0 Å². The first kappa shape index (κ1) is 12.2. The summed E-state index contributed by atoms with van der Waals surface area (Å²) in [6.07, 6.45) is 3.15. The molecule has 0 aliphatic heterocycles. The monoisotopic (exact) mass is 239 g/mol. The third kappa shape index (κ3) is 3.09. The van der Waals surface area contributed by atoms with Crippen LogP contribution in [0.5, 0.6) is 5.75 Å². The highest BCUT2D eigenvalue weighted by Gasteiger charge is 2.19. The number of hydrogen-bond acceptors (Lipinski definition) is 3. The van der Waals surface area contributed by atoms with Gasteiger partial charge in [0.1, 0.15) is 11.6 Å². The minimum absolute atomic E-state index is 0.186. The molecule has 0 unspecified atom stereocenters. The average molecular weight is 239 g/mol. The first-order valence-corrected chi connectivity index (χ1v) is 5.97. The molecule has 3 nitrogen and oxygen atoms in total. The lowest BCUT2D eigenvalue weighted by Gasteiger charge is -2.27. The number of ether oxygens (including phenoxy) is 1. The summed E-state index contributed by atoms with van der Waals surface area (Å²) in [4.78, 5) is 0. The highest BCUT2D eigenvalue weighted by atomic mass is 19.1. The molecule has 1 fully saturated rings. The highest BCUT2D eigenvalue weighted by molar-refractivity contribution is 5.48. The molecule has 1 saturated carbocycles. The molecule has 1 aliphatic rings. The first-order chi connectivity index (χ1) is 8.19. The summed E-state index contributed by atoms with van der Waals surface area (Å²) in [5, 5.41) is 12.6. The minimum atomic E-state index is -0.296. The van der Waals surface area contributed by atoms with Crippen LogP contribution in [0.1, 0.15) is 25.7 Å². The predicted octanol–water partition coefficient (Wildman–Crippen LogP) is 2.55. The van der Waals surface area contributed by atoms with Crippen LogP contribution in [0.15, 0.2) is 18.2 Å². The van der Waals surface area contributed by atoms with Gasteiger partial charge in [0.25, 0.3) is 0 Å². The molecule has 1 aromatic carbocycles. The van der Waals surface area contributed by atoms with Crippen LogP contribution in [0.25, 0.3) is 0 Å². The van der Waals surface area contributed by atoms with Crippen molar-refractivity contribution >= 4 is 5.69 Å². The molecule has 0 radical (unpaired) electrons. The molecule has 0 bridgehead atoms. The number of benzene rings is 1. The molecule has 0 aromatic heterocycles. The van der Waals surface area contributed by atoms with Gasteiger partial charge in [-0.3, -0.25) is 0 Å². The van der Waals surface area contributed by atoms with Gasteiger partial charge in [0, 0.05) is 12.1 Å². The molecule has 2 rings (SSSR count). The van der Waals surface area contributed by atoms with E-state index in [1.165, 1.54) is 13.2 Å². The van der Waals surface area contributed by atoms with Crippen molar-refractivity contribution in [2.45, 2.75) is 37.8 Å². The van der Waals surface area contributed by atoms with Gasteiger partial charge in [-0.1, -0.05) is 0 Å². The van der Waals surface area contributed by atoms with Gasteiger partial charge < -0.3 is 15.2 Å². The topological polar surface area (TPSA) is 41.5 Å². The average Bonchev–Trinajstić information content (AvgIpc) is 2.34. The Hall–Kier alpha value is -1.29. The van der Waals surface area contributed by atoms with Gasteiger partial charge in [-0.2, -0.15) is 0 Å². The van der Waals surface area contributed by atoms with Crippen molar-refractivity contribution in [3.8, 4) is 5.75 Å². The summed E-state index contributed by atoms with van der Waals surface area (Å²) < 4.78 is 18.6. The zero-order valence-corrected chi connectivity index (χ0v) is 9.95. The van der Waals surface area contributed by atoms with Crippen LogP contribution in [-0.4, -0.2) is 24.4 Å². The Labute approximate surface area is 101 Å². The van der Waals surface area contributed by atoms with E-state index in [1.807, 2.05) is 0 Å². The maximum atomic E-state index is 13.7. The Bertz CT molecular complexity index is 376. The van der Waals surface area contributed by atoms with Crippen LogP contribution in [0.2, 0.25) is 0 Å². The van der Waals surface area contributed by atoms with E-state index >= 15 is 0 Å². The number of nitrogens with one attached hydrogen (secondary N) is 1. The zero-order valence-electron chi connectivity index (χ0n) is 9.95. The van der Waals surface area contributed by atoms with E-state index in [4.69, 9.17) is 4.74 Å². The number of rotatable bonds is 3. The zero-order chi connectivity index (χ0) is 12.3. The molecule has 1 aliphatic carbocycles. The lowest BCUT2D eigenvalue weighted by molar-refractivity contribution is 0.126. The molecule has 94 valence electrons. The number of methoxy groups -OCH3 is 1. The normalized spacial score (nSPS) is 24.4. The maximum Gasteiger partial charge on any atom is 0.149 e. The maximum absolute atomic E-state index is 13.7. The van der Waals surface area contributed by atoms with Crippen molar-refractivity contribution in [3.63, 3.8) is 0 Å². The SMILES string of the molecule is COc1ccc(NC2CCC(O)CC2)c(F)c1. The first-order valence-electron chi connectivity index (χ1n) is 5.97. The molecular formula is C13H18FNO2. The van der Waals surface area contributed by atoms with Crippen molar-refractivity contribution in [2.24, 2.45) is 0 Å². The molecule has 4 heteroatoms. The van der Waals surface area contributed by atoms with E-state index in [1.54, 1.807) is 12.1 Å². The van der Waals surface area contributed by atoms with Crippen molar-refractivity contribution in [3.05, 3.63) is 24.0 Å². The van der Waals surface area contributed by atoms with Gasteiger partial charge in [0.2, 0.25) is 0 Å². The van der Waals surface area contributed by atoms with E-state index in [2.05, 4.69) is 5.32 Å². The number of halogens is 1. The second-order valence-corrected chi connectivity index (χ2v) is 4.50. The quantitative estimate of drug-likeness (QED) is 0.851. The van der Waals surface area contributed by atoms with E-state index < -0.39 is 0 Å². The second kappa shape index (κ2) is 5.36. The summed E-state index contributed by atoms with van der Waals surface area (Å²) >= 11 is 0. The molecule has 0 amide bonds. The van der Waals surface area contributed by atoms with E-state index in [0.717, 1.165) is 25.7 Å². The van der Waals surface area contributed by atoms with E-state index in [-0.39, 0.29) is 18.0 Å². The van der Waals surface area contributed by atoms with E-state index in [9.17, 15) is 9.50 Å². The fourth-order valence-corrected chi connectivity index (χ4v) is 2.18. The van der Waals surface area contributed by atoms with Crippen LogP contribution < -0.4 is 10.1 Å². The lowest BCUT2D eigenvalue weighted by atomic mass is 9.93. The molecule has 1 aromatic rings. The summed E-state index contributed by atoms with van der Waals surface area (Å²) in [7, 11) is 1.52. The molecule has 0 saturated heterocycles. The van der Waals surface area contributed by atoms with Crippen LogP contribution >= 0.6 is 0 Å². The largest absolute Gasteiger partial charge is 0.497 e. The number of aliphatic hydroxyl groups excluding tert-OH is 1. The Morgan fingerprint density at radius 2 is 2.00 bits per heavy atom. The Balaban J connectivity index is 1.99. The van der Waals surface area contributed by atoms with E-state index in [0.29, 0.717) is 11.4 Å². The number of hydrogen-bond donors (Lipinski definition) is 2. The number of aliphatic hydroxyl groups is 1. The summed E-state index contributed by atoms with van der Waals surface area (Å²) in [6.45, 7) is 0. The van der Waals surface area contributed by atoms with Crippen molar-refractivity contribution in [2.75, 3.05) is 12.4 Å². The lowest BCUT2D eigenvalue weighted by Crippen LogP contribution is -2.28. The third-order valence-corrected chi connectivity index (χ3v) is 3.23. The number of anilines is 1. The molecule has 0 atom stereocenters. The van der Waals surface area contributed by atoms with Gasteiger partial charge in [-0.15, -0.1) is 0 Å². The van der Waals surface area contributed by atoms with Crippen molar-refractivity contribution < 1.29 is 14.2 Å². The predicted molar refractivity (Wildman–Crippen MR) is 64.8 cm³/mol. The van der Waals surface area contributed by atoms with Crippen LogP contribution in [0.3, 0.4) is 0 Å². The molecule has 0 spiro atoms. The standard InChI is InChI=1S/C13H18FNO2/c1-17-11-6-7-13(12(14)8-11)15-9-2-4-10(16)5-3-9/h6-10,15-16H,2-5H2,1H3. The van der Waals surface area contributed by atoms with Crippen LogP contribution in [0.4, 0.5) is 10.1 Å². The Morgan fingerprint density at radius 3 is 2.59 bits per heavy atom. The highest BCUT2D eigenvalue weighted by Crippen LogP contribution is 2.25. The minimum Gasteiger partial charge on any atom is -0.497 e. The van der Waals surface area contributed by atoms with Crippen LogP contribution in [-0.2, 0) is 0 Å². The Morgan fingerprint density at radius 1 is 1.29 bits per heavy atom. The summed E-state index contributed by atoms with van der Waals surface area (Å²) in [5.41, 5.74) is 0.507. The summed E-state index contributed by atoms with van der Waals surface area (Å²) in [5.74, 6) is 0.225. The van der Waals surface area contributed by atoms with Gasteiger partial charge >= 0.3 is 0 Å². The van der Waals surface area contributed by atoms with Crippen molar-refractivity contribution in [1.82, 2.24) is 0 Å². The van der Waals surface area contributed by atoms with Gasteiger partial charge in [-0.05, 0) is 37.8 Å². The fourth-order valence-electron chi connectivity index (χ4n) is 2.18. The molecule has 2 N–H and O–H groups in total. The third-order valence-electron chi connectivity index (χ3n) is 3.23. The molecule has 17 heavy (non-hydrogen) atoms.